The van der Waals surface area contributed by atoms with Crippen LogP contribution in [0.25, 0.3) is 0 Å². The number of hydrogen-bond donors (Lipinski definition) is 3. The zero-order valence-electron chi connectivity index (χ0n) is 18.7. The van der Waals surface area contributed by atoms with Crippen molar-refractivity contribution in [2.24, 2.45) is 0 Å². The van der Waals surface area contributed by atoms with Gasteiger partial charge in [-0.1, -0.05) is 41.0 Å². The van der Waals surface area contributed by atoms with Crippen LogP contribution in [0.15, 0.2) is 58.3 Å². The molecule has 4 rings (SSSR count). The van der Waals surface area contributed by atoms with Crippen LogP contribution in [-0.4, -0.2) is 29.7 Å². The number of halogens is 2. The quantitative estimate of drug-likeness (QED) is 0.452. The van der Waals surface area contributed by atoms with Gasteiger partial charge in [-0.25, -0.2) is 0 Å². The van der Waals surface area contributed by atoms with Gasteiger partial charge in [0.1, 0.15) is 0 Å². The second-order valence-corrected chi connectivity index (χ2v) is 9.87. The number of benzene rings is 2. The fourth-order valence-electron chi connectivity index (χ4n) is 4.21. The van der Waals surface area contributed by atoms with E-state index in [9.17, 15) is 20.0 Å². The van der Waals surface area contributed by atoms with E-state index in [-0.39, 0.29) is 28.9 Å². The maximum absolute atomic E-state index is 12.9. The van der Waals surface area contributed by atoms with Gasteiger partial charge in [-0.15, -0.1) is 0 Å². The summed E-state index contributed by atoms with van der Waals surface area (Å²) in [7, 11) is 1.44. The minimum absolute atomic E-state index is 0.0137. The number of ketones is 1. The predicted octanol–water partition coefficient (Wildman–Crippen LogP) is 5.51. The van der Waals surface area contributed by atoms with Crippen LogP contribution in [0.5, 0.6) is 11.5 Å². The third-order valence-corrected chi connectivity index (χ3v) is 7.15. The van der Waals surface area contributed by atoms with Crippen LogP contribution in [0.2, 0.25) is 10.0 Å². The van der Waals surface area contributed by atoms with Gasteiger partial charge in [0.05, 0.1) is 35.5 Å². The summed E-state index contributed by atoms with van der Waals surface area (Å²) in [6.45, 7) is 0. The number of phenolic OH excluding ortho intramolecular Hbond substituents is 1. The average Bonchev–Trinajstić information content (AvgIpc) is 2.81. The first kappa shape index (κ1) is 25.0. The van der Waals surface area contributed by atoms with Gasteiger partial charge in [-0.3, -0.25) is 9.59 Å². The summed E-state index contributed by atoms with van der Waals surface area (Å²) in [5, 5.41) is 27.4. The Kier molecular flexibility index (Phi) is 7.60. The zero-order valence-corrected chi connectivity index (χ0v) is 21.0. The lowest BCUT2D eigenvalue weighted by Gasteiger charge is -2.33. The highest BCUT2D eigenvalue weighted by atomic mass is 35.5. The number of nitrogens with one attached hydrogen (secondary N) is 2. The van der Waals surface area contributed by atoms with E-state index in [4.69, 9.17) is 27.9 Å². The molecule has 1 amide bonds. The first-order chi connectivity index (χ1) is 16.8. The highest BCUT2D eigenvalue weighted by Crippen LogP contribution is 2.45. The molecule has 3 N–H and O–H groups in total. The molecule has 10 heteroatoms. The lowest BCUT2D eigenvalue weighted by atomic mass is 9.77. The molecule has 0 unspecified atom stereocenters. The Balaban J connectivity index is 1.64. The number of ether oxygens (including phenoxy) is 1. The molecule has 2 aliphatic rings. The van der Waals surface area contributed by atoms with E-state index in [1.54, 1.807) is 30.3 Å². The molecule has 0 spiro atoms. The van der Waals surface area contributed by atoms with Crippen LogP contribution in [0.3, 0.4) is 0 Å². The maximum Gasteiger partial charge on any atom is 0.234 e. The summed E-state index contributed by atoms with van der Waals surface area (Å²) in [6, 6.07) is 11.8. The number of methoxy groups -OCH3 is 1. The Morgan fingerprint density at radius 1 is 1.26 bits per heavy atom. The number of rotatable bonds is 6. The topological polar surface area (TPSA) is 111 Å². The van der Waals surface area contributed by atoms with Crippen molar-refractivity contribution in [3.8, 4) is 17.6 Å². The molecule has 0 saturated carbocycles. The number of nitriles is 1. The summed E-state index contributed by atoms with van der Waals surface area (Å²) in [5.41, 5.74) is 2.74. The fraction of sp³-hybridized carbons (Fsp3) is 0.240. The molecule has 0 radical (unpaired) electrons. The van der Waals surface area contributed by atoms with E-state index in [1.807, 2.05) is 0 Å². The molecule has 7 nitrogen and oxygen atoms in total. The monoisotopic (exact) mass is 529 g/mol. The van der Waals surface area contributed by atoms with Crippen molar-refractivity contribution in [2.75, 3.05) is 18.2 Å². The largest absolute Gasteiger partial charge is 0.504 e. The minimum atomic E-state index is -0.629. The number of anilines is 1. The Bertz CT molecular complexity index is 1300. The van der Waals surface area contributed by atoms with Gasteiger partial charge in [0.2, 0.25) is 5.91 Å². The Hall–Kier alpha value is -3.12. The maximum atomic E-state index is 12.9. The number of Topliss-reactive ketones (excluding diaryl/α,β-unsaturated/α-hetero) is 1. The van der Waals surface area contributed by atoms with Crippen molar-refractivity contribution in [3.63, 3.8) is 0 Å². The lowest BCUT2D eigenvalue weighted by molar-refractivity contribution is -0.116. The van der Waals surface area contributed by atoms with Crippen molar-refractivity contribution in [1.82, 2.24) is 5.32 Å². The average molecular weight is 530 g/mol. The standard InChI is InChI=1S/C25H21Cl2N3O4S/c1-34-21-7-13(5-6-19(21)31)23-17(11-28)25(30-18-3-2-4-20(32)24(18)23)35-12-22(33)29-16-9-14(26)8-15(27)10-16/h5-10,23,30-31H,2-4,12H2,1H3,(H,29,33)/t23-/m1/s1. The first-order valence-corrected chi connectivity index (χ1v) is 12.5. The van der Waals surface area contributed by atoms with Gasteiger partial charge < -0.3 is 20.5 Å². The van der Waals surface area contributed by atoms with Gasteiger partial charge >= 0.3 is 0 Å². The minimum Gasteiger partial charge on any atom is -0.504 e. The Morgan fingerprint density at radius 3 is 2.69 bits per heavy atom. The third-order valence-electron chi connectivity index (χ3n) is 5.69. The number of nitrogens with zero attached hydrogens (tertiary/aromatic N) is 1. The van der Waals surface area contributed by atoms with E-state index in [0.29, 0.717) is 56.7 Å². The summed E-state index contributed by atoms with van der Waals surface area (Å²) >= 11 is 13.2. The van der Waals surface area contributed by atoms with Crippen LogP contribution < -0.4 is 15.4 Å². The molecule has 1 aliphatic carbocycles. The summed E-state index contributed by atoms with van der Waals surface area (Å²) in [6.07, 6.45) is 1.76. The molecule has 0 aromatic heterocycles. The second-order valence-electron chi connectivity index (χ2n) is 8.01. The Labute approximate surface area is 216 Å². The van der Waals surface area contributed by atoms with E-state index >= 15 is 0 Å². The van der Waals surface area contributed by atoms with Crippen LogP contribution in [-0.2, 0) is 9.59 Å². The van der Waals surface area contributed by atoms with E-state index in [1.165, 1.54) is 24.9 Å². The molecule has 1 aliphatic heterocycles. The summed E-state index contributed by atoms with van der Waals surface area (Å²) in [4.78, 5) is 25.5. The second kappa shape index (κ2) is 10.6. The number of phenols is 1. The molecular weight excluding hydrogens is 509 g/mol. The van der Waals surface area contributed by atoms with Crippen LogP contribution in [0.4, 0.5) is 5.69 Å². The molecule has 0 saturated heterocycles. The number of amides is 1. The number of hydrogen-bond acceptors (Lipinski definition) is 7. The van der Waals surface area contributed by atoms with E-state index in [0.717, 1.165) is 5.70 Å². The van der Waals surface area contributed by atoms with Gasteiger partial charge in [0.15, 0.2) is 17.3 Å². The molecule has 0 fully saturated rings. The predicted molar refractivity (Wildman–Crippen MR) is 137 cm³/mol. The van der Waals surface area contributed by atoms with Gasteiger partial charge in [-0.2, -0.15) is 5.26 Å². The van der Waals surface area contributed by atoms with Crippen LogP contribution in [0, 0.1) is 11.3 Å². The molecule has 35 heavy (non-hydrogen) atoms. The Morgan fingerprint density at radius 2 is 2.00 bits per heavy atom. The van der Waals surface area contributed by atoms with Crippen molar-refractivity contribution in [1.29, 1.82) is 5.26 Å². The molecule has 0 bridgehead atoms. The summed E-state index contributed by atoms with van der Waals surface area (Å²) < 4.78 is 5.24. The summed E-state index contributed by atoms with van der Waals surface area (Å²) in [5.74, 6) is -0.733. The zero-order chi connectivity index (χ0) is 25.1. The van der Waals surface area contributed by atoms with Crippen molar-refractivity contribution in [2.45, 2.75) is 25.2 Å². The van der Waals surface area contributed by atoms with Crippen molar-refractivity contribution in [3.05, 3.63) is 73.9 Å². The van der Waals surface area contributed by atoms with Crippen molar-refractivity contribution >= 4 is 52.3 Å². The molecule has 180 valence electrons. The smallest absolute Gasteiger partial charge is 0.234 e. The lowest BCUT2D eigenvalue weighted by Crippen LogP contribution is -2.31. The van der Waals surface area contributed by atoms with E-state index in [2.05, 4.69) is 16.7 Å². The number of aromatic hydroxyl groups is 1. The number of thioether (sulfide) groups is 1. The number of allylic oxidation sites excluding steroid dienone is 3. The third kappa shape index (κ3) is 5.43. The highest BCUT2D eigenvalue weighted by molar-refractivity contribution is 8.03. The molecule has 2 aromatic carbocycles. The molecule has 2 aromatic rings. The van der Waals surface area contributed by atoms with E-state index < -0.39 is 5.92 Å². The molecular formula is C25H21Cl2N3O4S. The van der Waals surface area contributed by atoms with Gasteiger partial charge in [0.25, 0.3) is 0 Å². The first-order valence-electron chi connectivity index (χ1n) is 10.7. The SMILES string of the molecule is COc1cc([C@@H]2C(C#N)=C(SCC(=O)Nc3cc(Cl)cc(Cl)c3)NC3=C2C(=O)CCC3)ccc1O. The van der Waals surface area contributed by atoms with Crippen LogP contribution >= 0.6 is 35.0 Å². The molecule has 1 heterocycles. The number of carbonyl (C=O) groups is 2. The fourth-order valence-corrected chi connectivity index (χ4v) is 5.59. The highest BCUT2D eigenvalue weighted by Gasteiger charge is 2.37. The van der Waals surface area contributed by atoms with Gasteiger partial charge in [-0.05, 0) is 48.7 Å². The normalized spacial score (nSPS) is 17.4. The number of dihydropyridines is 1. The van der Waals surface area contributed by atoms with Crippen LogP contribution in [0.1, 0.15) is 30.7 Å². The van der Waals surface area contributed by atoms with Crippen molar-refractivity contribution < 1.29 is 19.4 Å². The van der Waals surface area contributed by atoms with Gasteiger partial charge in [0, 0.05) is 33.4 Å². The number of carbonyl (C=O) groups excluding carboxylic acids is 2. The molecule has 1 atom stereocenters.